The van der Waals surface area contributed by atoms with Crippen molar-refractivity contribution in [1.29, 1.82) is 0 Å². The summed E-state index contributed by atoms with van der Waals surface area (Å²) in [6.45, 7) is 1.36. The standard InChI is InChI=1S/C3H8O4S/c1-3(4)2-7-8(5)6/h3-4H,2H2,1H3,(H,5,6). The van der Waals surface area contributed by atoms with Crippen LogP contribution in [0.25, 0.3) is 0 Å². The molecule has 0 saturated carbocycles. The topological polar surface area (TPSA) is 66.8 Å². The van der Waals surface area contributed by atoms with E-state index in [9.17, 15) is 4.21 Å². The number of aliphatic hydroxyl groups is 1. The number of rotatable bonds is 3. The molecule has 0 radical (unpaired) electrons. The zero-order chi connectivity index (χ0) is 6.57. The molecule has 0 bridgehead atoms. The summed E-state index contributed by atoms with van der Waals surface area (Å²) in [7, 11) is 0. The largest absolute Gasteiger partial charge is 0.391 e. The minimum absolute atomic E-state index is 0.108. The average Bonchev–Trinajstić information content (AvgIpc) is 1.61. The van der Waals surface area contributed by atoms with Crippen LogP contribution in [0.2, 0.25) is 0 Å². The molecule has 0 aromatic heterocycles. The first-order valence-corrected chi connectivity index (χ1v) is 3.08. The molecule has 2 N–H and O–H groups in total. The maximum atomic E-state index is 9.68. The van der Waals surface area contributed by atoms with Crippen LogP contribution in [0.1, 0.15) is 6.92 Å². The van der Waals surface area contributed by atoms with Crippen molar-refractivity contribution in [2.75, 3.05) is 6.61 Å². The van der Waals surface area contributed by atoms with Gasteiger partial charge in [0.25, 0.3) is 0 Å². The van der Waals surface area contributed by atoms with Gasteiger partial charge in [0.15, 0.2) is 0 Å². The molecule has 0 aliphatic rings. The van der Waals surface area contributed by atoms with E-state index in [-0.39, 0.29) is 6.61 Å². The molecule has 0 amide bonds. The lowest BCUT2D eigenvalue weighted by Crippen LogP contribution is -2.11. The molecule has 2 unspecified atom stereocenters. The van der Waals surface area contributed by atoms with Gasteiger partial charge in [-0.05, 0) is 6.92 Å². The molecule has 0 aromatic carbocycles. The van der Waals surface area contributed by atoms with Crippen LogP contribution >= 0.6 is 0 Å². The van der Waals surface area contributed by atoms with Gasteiger partial charge in [-0.2, -0.15) is 4.21 Å². The normalized spacial score (nSPS) is 17.9. The predicted molar refractivity (Wildman–Crippen MR) is 28.4 cm³/mol. The van der Waals surface area contributed by atoms with E-state index in [0.717, 1.165) is 0 Å². The summed E-state index contributed by atoms with van der Waals surface area (Å²) in [6, 6.07) is 0. The molecule has 50 valence electrons. The smallest absolute Gasteiger partial charge is 0.301 e. The summed E-state index contributed by atoms with van der Waals surface area (Å²) in [5.74, 6) is 0. The zero-order valence-corrected chi connectivity index (χ0v) is 5.22. The Balaban J connectivity index is 3.05. The van der Waals surface area contributed by atoms with Crippen molar-refractivity contribution in [3.8, 4) is 0 Å². The van der Waals surface area contributed by atoms with Crippen LogP contribution in [-0.2, 0) is 15.5 Å². The quantitative estimate of drug-likeness (QED) is 0.519. The maximum absolute atomic E-state index is 9.68. The first-order valence-electron chi connectivity index (χ1n) is 2.05. The molecule has 0 heterocycles. The van der Waals surface area contributed by atoms with Gasteiger partial charge in [0.05, 0.1) is 12.7 Å². The fourth-order valence-corrected chi connectivity index (χ4v) is 0.470. The Morgan fingerprint density at radius 2 is 2.38 bits per heavy atom. The minimum atomic E-state index is -2.25. The van der Waals surface area contributed by atoms with E-state index >= 15 is 0 Å². The summed E-state index contributed by atoms with van der Waals surface area (Å²) >= 11 is -2.25. The van der Waals surface area contributed by atoms with Gasteiger partial charge in [-0.15, -0.1) is 0 Å². The van der Waals surface area contributed by atoms with Gasteiger partial charge >= 0.3 is 11.4 Å². The minimum Gasteiger partial charge on any atom is -0.391 e. The van der Waals surface area contributed by atoms with Crippen molar-refractivity contribution in [1.82, 2.24) is 0 Å². The third-order valence-corrected chi connectivity index (χ3v) is 0.748. The van der Waals surface area contributed by atoms with Crippen molar-refractivity contribution in [2.24, 2.45) is 0 Å². The van der Waals surface area contributed by atoms with Gasteiger partial charge in [-0.3, -0.25) is 8.74 Å². The van der Waals surface area contributed by atoms with Crippen LogP contribution in [0.15, 0.2) is 0 Å². The average molecular weight is 140 g/mol. The van der Waals surface area contributed by atoms with E-state index in [2.05, 4.69) is 4.18 Å². The van der Waals surface area contributed by atoms with Crippen molar-refractivity contribution in [3.63, 3.8) is 0 Å². The number of hydrogen-bond acceptors (Lipinski definition) is 3. The predicted octanol–water partition coefficient (Wildman–Crippen LogP) is -0.479. The van der Waals surface area contributed by atoms with Crippen LogP contribution in [-0.4, -0.2) is 26.6 Å². The van der Waals surface area contributed by atoms with Gasteiger partial charge in [-0.1, -0.05) is 0 Å². The summed E-state index contributed by atoms with van der Waals surface area (Å²) in [5, 5.41) is 8.43. The second-order valence-corrected chi connectivity index (χ2v) is 2.02. The van der Waals surface area contributed by atoms with E-state index in [0.29, 0.717) is 0 Å². The molecule has 4 nitrogen and oxygen atoms in total. The van der Waals surface area contributed by atoms with Crippen molar-refractivity contribution in [2.45, 2.75) is 13.0 Å². The molecular formula is C3H8O4S. The highest BCUT2D eigenvalue weighted by atomic mass is 32.2. The van der Waals surface area contributed by atoms with Gasteiger partial charge < -0.3 is 5.11 Å². The Kier molecular flexibility index (Phi) is 3.98. The summed E-state index contributed by atoms with van der Waals surface area (Å²) in [5.41, 5.74) is 0. The monoisotopic (exact) mass is 140 g/mol. The highest BCUT2D eigenvalue weighted by Crippen LogP contribution is 1.83. The van der Waals surface area contributed by atoms with Crippen molar-refractivity contribution in [3.05, 3.63) is 0 Å². The molecule has 0 spiro atoms. The highest BCUT2D eigenvalue weighted by Gasteiger charge is 1.96. The Hall–Kier alpha value is 0.0300. The summed E-state index contributed by atoms with van der Waals surface area (Å²) < 4.78 is 21.7. The van der Waals surface area contributed by atoms with E-state index < -0.39 is 17.5 Å². The van der Waals surface area contributed by atoms with Gasteiger partial charge in [0.2, 0.25) is 0 Å². The fourth-order valence-electron chi connectivity index (χ4n) is 0.157. The van der Waals surface area contributed by atoms with Gasteiger partial charge in [0.1, 0.15) is 0 Å². The molecule has 0 fully saturated rings. The first kappa shape index (κ1) is 8.03. The first-order chi connectivity index (χ1) is 3.63. The molecule has 0 aliphatic heterocycles. The summed E-state index contributed by atoms with van der Waals surface area (Å²) in [4.78, 5) is 0. The molecule has 2 atom stereocenters. The van der Waals surface area contributed by atoms with Crippen LogP contribution in [0.3, 0.4) is 0 Å². The SMILES string of the molecule is CC(O)COS(=O)O. The number of aliphatic hydroxyl groups excluding tert-OH is 1. The van der Waals surface area contributed by atoms with Gasteiger partial charge in [0, 0.05) is 0 Å². The summed E-state index contributed by atoms with van der Waals surface area (Å²) in [6.07, 6.45) is -0.689. The van der Waals surface area contributed by atoms with Gasteiger partial charge in [-0.25, -0.2) is 0 Å². The highest BCUT2D eigenvalue weighted by molar-refractivity contribution is 7.74. The van der Waals surface area contributed by atoms with E-state index in [1.54, 1.807) is 0 Å². The van der Waals surface area contributed by atoms with Crippen LogP contribution in [0.5, 0.6) is 0 Å². The molecular weight excluding hydrogens is 132 g/mol. The molecule has 8 heavy (non-hydrogen) atoms. The van der Waals surface area contributed by atoms with Crippen molar-refractivity contribution >= 4 is 11.4 Å². The van der Waals surface area contributed by atoms with Crippen LogP contribution in [0, 0.1) is 0 Å². The Bertz CT molecular complexity index is 81.4. The molecule has 0 rings (SSSR count). The zero-order valence-electron chi connectivity index (χ0n) is 4.40. The third-order valence-electron chi connectivity index (χ3n) is 0.410. The molecule has 0 saturated heterocycles. The Morgan fingerprint density at radius 3 is 2.50 bits per heavy atom. The molecule has 5 heteroatoms. The third kappa shape index (κ3) is 6.03. The second-order valence-electron chi connectivity index (χ2n) is 1.35. The van der Waals surface area contributed by atoms with E-state index in [4.69, 9.17) is 9.66 Å². The lowest BCUT2D eigenvalue weighted by molar-refractivity contribution is 0.124. The second kappa shape index (κ2) is 3.96. The lowest BCUT2D eigenvalue weighted by atomic mass is 10.5. The molecule has 0 aliphatic carbocycles. The Morgan fingerprint density at radius 1 is 1.88 bits per heavy atom. The maximum Gasteiger partial charge on any atom is 0.301 e. The lowest BCUT2D eigenvalue weighted by Gasteiger charge is -1.98. The van der Waals surface area contributed by atoms with Crippen LogP contribution < -0.4 is 0 Å². The fraction of sp³-hybridized carbons (Fsp3) is 1.00. The van der Waals surface area contributed by atoms with E-state index in [1.165, 1.54) is 6.92 Å². The molecule has 0 aromatic rings. The Labute approximate surface area is 50.0 Å². The van der Waals surface area contributed by atoms with E-state index in [1.807, 2.05) is 0 Å². The number of hydrogen-bond donors (Lipinski definition) is 2. The van der Waals surface area contributed by atoms with Crippen LogP contribution in [0.4, 0.5) is 0 Å². The van der Waals surface area contributed by atoms with Crippen molar-refractivity contribution < 1.29 is 18.1 Å².